The van der Waals surface area contributed by atoms with Gasteiger partial charge >= 0.3 is 0 Å². The van der Waals surface area contributed by atoms with Crippen molar-refractivity contribution < 1.29 is 9.84 Å². The summed E-state index contributed by atoms with van der Waals surface area (Å²) in [5.74, 6) is 1.27. The molecule has 1 saturated carbocycles. The number of aliphatic hydroxyl groups is 1. The Morgan fingerprint density at radius 2 is 2.11 bits per heavy atom. The Balaban J connectivity index is 1.41. The molecule has 2 heterocycles. The highest BCUT2D eigenvalue weighted by Crippen LogP contribution is 2.41. The molecule has 8 nitrogen and oxygen atoms in total. The summed E-state index contributed by atoms with van der Waals surface area (Å²) in [5, 5.41) is 20.4. The summed E-state index contributed by atoms with van der Waals surface area (Å²) in [4.78, 5) is 13.5. The fourth-order valence-electron chi connectivity index (χ4n) is 4.53. The minimum absolute atomic E-state index is 0.0576. The third-order valence-electron chi connectivity index (χ3n) is 6.79. The number of aromatic nitrogens is 2. The van der Waals surface area contributed by atoms with Crippen molar-refractivity contribution in [3.05, 3.63) is 59.3 Å². The first-order valence-electron chi connectivity index (χ1n) is 12.5. The highest BCUT2D eigenvalue weighted by molar-refractivity contribution is 5.93. The molecule has 1 aromatic heterocycles. The molecule has 1 aliphatic carbocycles. The third-order valence-corrected chi connectivity index (χ3v) is 6.79. The molecule has 0 unspecified atom stereocenters. The fraction of sp³-hybridized carbons (Fsp3) is 0.393. The first-order valence-corrected chi connectivity index (χ1v) is 12.5. The van der Waals surface area contributed by atoms with Crippen molar-refractivity contribution >= 4 is 23.5 Å². The molecule has 188 valence electrons. The van der Waals surface area contributed by atoms with Gasteiger partial charge in [0.05, 0.1) is 18.0 Å². The van der Waals surface area contributed by atoms with Crippen LogP contribution < -0.4 is 20.7 Å². The zero-order valence-corrected chi connectivity index (χ0v) is 21.1. The van der Waals surface area contributed by atoms with Gasteiger partial charge in [0.2, 0.25) is 5.95 Å². The Morgan fingerprint density at radius 1 is 1.25 bits per heavy atom. The monoisotopic (exact) mass is 486 g/mol. The van der Waals surface area contributed by atoms with Gasteiger partial charge in [0.1, 0.15) is 12.4 Å². The van der Waals surface area contributed by atoms with Crippen LogP contribution in [0.25, 0.3) is 11.3 Å². The summed E-state index contributed by atoms with van der Waals surface area (Å²) >= 11 is 0. The summed E-state index contributed by atoms with van der Waals surface area (Å²) in [5.41, 5.74) is 6.40. The molecule has 2 aromatic carbocycles. The molecular formula is C28H34N6O2. The maximum Gasteiger partial charge on any atom is 0.227 e. The minimum Gasteiger partial charge on any atom is -0.490 e. The van der Waals surface area contributed by atoms with E-state index < -0.39 is 0 Å². The van der Waals surface area contributed by atoms with Crippen LogP contribution in [0.2, 0.25) is 0 Å². The number of aryl methyl sites for hydroxylation is 1. The molecule has 0 bridgehead atoms. The molecule has 1 aliphatic heterocycles. The third kappa shape index (κ3) is 5.20. The summed E-state index contributed by atoms with van der Waals surface area (Å²) in [7, 11) is 1.76. The van der Waals surface area contributed by atoms with Gasteiger partial charge in [0.15, 0.2) is 0 Å². The van der Waals surface area contributed by atoms with Gasteiger partial charge in [-0.1, -0.05) is 13.0 Å². The van der Waals surface area contributed by atoms with Crippen LogP contribution in [0, 0.1) is 6.92 Å². The second-order valence-corrected chi connectivity index (χ2v) is 9.91. The van der Waals surface area contributed by atoms with Gasteiger partial charge in [-0.25, -0.2) is 9.97 Å². The van der Waals surface area contributed by atoms with E-state index in [1.54, 1.807) is 13.2 Å². The number of aliphatic hydroxyl groups excluding tert-OH is 1. The highest BCUT2D eigenvalue weighted by Gasteiger charge is 2.35. The predicted octanol–water partition coefficient (Wildman–Crippen LogP) is 4.05. The van der Waals surface area contributed by atoms with Crippen molar-refractivity contribution in [3.8, 4) is 17.0 Å². The van der Waals surface area contributed by atoms with Crippen LogP contribution in [0.1, 0.15) is 36.5 Å². The van der Waals surface area contributed by atoms with Gasteiger partial charge in [-0.05, 0) is 61.2 Å². The molecule has 3 aromatic rings. The number of aliphatic imine (C=N–C) groups is 1. The van der Waals surface area contributed by atoms with E-state index in [1.807, 2.05) is 30.5 Å². The maximum absolute atomic E-state index is 10.1. The largest absolute Gasteiger partial charge is 0.490 e. The zero-order valence-electron chi connectivity index (χ0n) is 21.1. The Hall–Kier alpha value is -3.49. The number of anilines is 3. The summed E-state index contributed by atoms with van der Waals surface area (Å²) in [6.45, 7) is 6.28. The molecule has 36 heavy (non-hydrogen) atoms. The van der Waals surface area contributed by atoms with Crippen LogP contribution in [0.5, 0.6) is 5.75 Å². The average Bonchev–Trinajstić information content (AvgIpc) is 3.65. The van der Waals surface area contributed by atoms with Gasteiger partial charge < -0.3 is 25.8 Å². The number of rotatable bonds is 10. The van der Waals surface area contributed by atoms with E-state index in [0.29, 0.717) is 25.1 Å². The highest BCUT2D eigenvalue weighted by atomic mass is 16.5. The molecule has 1 atom stereocenters. The summed E-state index contributed by atoms with van der Waals surface area (Å²) in [6, 6.07) is 12.8. The predicted molar refractivity (Wildman–Crippen MR) is 145 cm³/mol. The smallest absolute Gasteiger partial charge is 0.227 e. The van der Waals surface area contributed by atoms with Crippen LogP contribution in [-0.4, -0.2) is 60.7 Å². The maximum atomic E-state index is 10.1. The number of fused-ring (bicyclic) bond motifs is 1. The van der Waals surface area contributed by atoms with E-state index in [0.717, 1.165) is 51.6 Å². The van der Waals surface area contributed by atoms with E-state index in [4.69, 9.17) is 9.72 Å². The molecule has 0 saturated heterocycles. The van der Waals surface area contributed by atoms with Gasteiger partial charge in [-0.3, -0.25) is 4.99 Å². The van der Waals surface area contributed by atoms with Crippen molar-refractivity contribution in [3.63, 3.8) is 0 Å². The standard InChI is InChI=1S/C28H34N6O2/c1-18-4-7-25(36-11-10-30-21-5-6-21)24(12-18)34-27-31-9-8-23(33-27)19-13-20(15-29-3)26-22(14-19)28(2,17-35)16-32-26/h4,7-9,12-15,21,30,32,35H,5-6,10-11,16-17H2,1-3H3,(H,31,33,34)/t28-/m1/s1. The zero-order chi connectivity index (χ0) is 25.1. The topological polar surface area (TPSA) is 104 Å². The van der Waals surface area contributed by atoms with Crippen LogP contribution in [0.4, 0.5) is 17.3 Å². The van der Waals surface area contributed by atoms with E-state index >= 15 is 0 Å². The van der Waals surface area contributed by atoms with Crippen molar-refractivity contribution in [2.45, 2.75) is 38.1 Å². The second kappa shape index (κ2) is 10.2. The molecule has 0 spiro atoms. The molecule has 0 amide bonds. The van der Waals surface area contributed by atoms with E-state index in [-0.39, 0.29) is 12.0 Å². The number of ether oxygens (including phenoxy) is 1. The lowest BCUT2D eigenvalue weighted by Crippen LogP contribution is -2.28. The van der Waals surface area contributed by atoms with Crippen molar-refractivity contribution in [1.29, 1.82) is 0 Å². The molecule has 8 heteroatoms. The molecule has 5 rings (SSSR count). The number of benzene rings is 2. The summed E-state index contributed by atoms with van der Waals surface area (Å²) in [6.07, 6.45) is 6.12. The van der Waals surface area contributed by atoms with Crippen LogP contribution in [0.3, 0.4) is 0 Å². The molecule has 4 N–H and O–H groups in total. The quantitative estimate of drug-likeness (QED) is 0.253. The Morgan fingerprint density at radius 3 is 2.89 bits per heavy atom. The van der Waals surface area contributed by atoms with Crippen molar-refractivity contribution in [2.24, 2.45) is 4.99 Å². The van der Waals surface area contributed by atoms with Gasteiger partial charge in [0.25, 0.3) is 0 Å². The Labute approximate surface area is 212 Å². The molecular weight excluding hydrogens is 452 g/mol. The molecule has 0 radical (unpaired) electrons. The number of nitrogens with zero attached hydrogens (tertiary/aromatic N) is 3. The van der Waals surface area contributed by atoms with E-state index in [1.165, 1.54) is 12.8 Å². The van der Waals surface area contributed by atoms with Gasteiger partial charge in [0, 0.05) is 60.8 Å². The lowest BCUT2D eigenvalue weighted by Gasteiger charge is -2.21. The Kier molecular flexibility index (Phi) is 6.89. The normalized spacial score (nSPS) is 18.8. The van der Waals surface area contributed by atoms with E-state index in [9.17, 15) is 5.11 Å². The molecule has 2 aliphatic rings. The SMILES string of the molecule is CN=Cc1cc(-c2ccnc(Nc3cc(C)ccc3OCCNC3CC3)n2)cc2c1NC[C@]2(C)CO. The van der Waals surface area contributed by atoms with Gasteiger partial charge in [-0.15, -0.1) is 0 Å². The van der Waals surface area contributed by atoms with Gasteiger partial charge in [-0.2, -0.15) is 0 Å². The Bertz CT molecular complexity index is 1270. The van der Waals surface area contributed by atoms with Crippen LogP contribution in [0.15, 0.2) is 47.6 Å². The number of nitrogens with one attached hydrogen (secondary N) is 3. The van der Waals surface area contributed by atoms with Crippen LogP contribution in [-0.2, 0) is 5.41 Å². The van der Waals surface area contributed by atoms with E-state index in [2.05, 4.69) is 51.9 Å². The lowest BCUT2D eigenvalue weighted by atomic mass is 9.83. The average molecular weight is 487 g/mol. The summed E-state index contributed by atoms with van der Waals surface area (Å²) < 4.78 is 6.06. The number of hydrogen-bond acceptors (Lipinski definition) is 8. The first kappa shape index (κ1) is 24.2. The number of hydrogen-bond donors (Lipinski definition) is 4. The lowest BCUT2D eigenvalue weighted by molar-refractivity contribution is 0.219. The van der Waals surface area contributed by atoms with Crippen LogP contribution >= 0.6 is 0 Å². The van der Waals surface area contributed by atoms with Crippen molar-refractivity contribution in [2.75, 3.05) is 44.0 Å². The molecule has 1 fully saturated rings. The van der Waals surface area contributed by atoms with Crippen molar-refractivity contribution in [1.82, 2.24) is 15.3 Å². The minimum atomic E-state index is -0.363. The fourth-order valence-corrected chi connectivity index (χ4v) is 4.53. The first-order chi connectivity index (χ1) is 17.5. The second-order valence-electron chi connectivity index (χ2n) is 9.91.